The molecule has 1 fully saturated rings. The van der Waals surface area contributed by atoms with Gasteiger partial charge >= 0.3 is 5.97 Å². The minimum absolute atomic E-state index is 0.556. The molecule has 1 aliphatic heterocycles. The van der Waals surface area contributed by atoms with Gasteiger partial charge in [-0.15, -0.1) is 0 Å². The molecule has 1 N–H and O–H groups in total. The van der Waals surface area contributed by atoms with E-state index in [9.17, 15) is 4.79 Å². The second kappa shape index (κ2) is 5.91. The third kappa shape index (κ3) is 3.60. The van der Waals surface area contributed by atoms with Crippen molar-refractivity contribution in [1.82, 2.24) is 0 Å². The van der Waals surface area contributed by atoms with Crippen LogP contribution in [0.25, 0.3) is 0 Å². The molecule has 0 spiro atoms. The molecule has 0 bridgehead atoms. The van der Waals surface area contributed by atoms with E-state index in [0.29, 0.717) is 5.92 Å². The maximum atomic E-state index is 10.6. The molecule has 1 saturated heterocycles. The Bertz CT molecular complexity index is 464. The standard InChI is InChI=1S/C16H21NO2/c1-12(2)14-3-5-15(6-4-14)17-9-7-13(8-10-17)11-16(18)19/h3-6,11-12H,7-10H2,1-2H3,(H,18,19). The summed E-state index contributed by atoms with van der Waals surface area (Å²) >= 11 is 0. The largest absolute Gasteiger partial charge is 0.478 e. The van der Waals surface area contributed by atoms with Crippen molar-refractivity contribution < 1.29 is 9.90 Å². The third-order valence-corrected chi connectivity index (χ3v) is 3.66. The van der Waals surface area contributed by atoms with Crippen molar-refractivity contribution >= 4 is 11.7 Å². The van der Waals surface area contributed by atoms with Gasteiger partial charge in [-0.2, -0.15) is 0 Å². The van der Waals surface area contributed by atoms with E-state index < -0.39 is 5.97 Å². The summed E-state index contributed by atoms with van der Waals surface area (Å²) in [5.41, 5.74) is 3.63. The lowest BCUT2D eigenvalue weighted by Crippen LogP contribution is -2.30. The first-order valence-electron chi connectivity index (χ1n) is 6.83. The molecule has 0 amide bonds. The van der Waals surface area contributed by atoms with E-state index in [-0.39, 0.29) is 0 Å². The van der Waals surface area contributed by atoms with Crippen LogP contribution < -0.4 is 4.90 Å². The van der Waals surface area contributed by atoms with Gasteiger partial charge in [-0.3, -0.25) is 0 Å². The average molecular weight is 259 g/mol. The molecule has 0 saturated carbocycles. The van der Waals surface area contributed by atoms with Gasteiger partial charge in [0.15, 0.2) is 0 Å². The van der Waals surface area contributed by atoms with Crippen molar-refractivity contribution in [2.45, 2.75) is 32.6 Å². The van der Waals surface area contributed by atoms with Crippen LogP contribution in [0.1, 0.15) is 38.2 Å². The van der Waals surface area contributed by atoms with Gasteiger partial charge in [0.05, 0.1) is 0 Å². The lowest BCUT2D eigenvalue weighted by Gasteiger charge is -2.30. The van der Waals surface area contributed by atoms with Crippen LogP contribution in [0.4, 0.5) is 5.69 Å². The zero-order chi connectivity index (χ0) is 13.8. The van der Waals surface area contributed by atoms with Gasteiger partial charge in [0, 0.05) is 24.9 Å². The molecule has 1 aromatic rings. The van der Waals surface area contributed by atoms with Gasteiger partial charge in [0.2, 0.25) is 0 Å². The minimum Gasteiger partial charge on any atom is -0.478 e. The van der Waals surface area contributed by atoms with Gasteiger partial charge < -0.3 is 10.0 Å². The maximum absolute atomic E-state index is 10.6. The van der Waals surface area contributed by atoms with Gasteiger partial charge in [0.1, 0.15) is 0 Å². The van der Waals surface area contributed by atoms with E-state index >= 15 is 0 Å². The highest BCUT2D eigenvalue weighted by Crippen LogP contribution is 2.24. The Balaban J connectivity index is 1.99. The molecule has 2 rings (SSSR count). The predicted octanol–water partition coefficient (Wildman–Crippen LogP) is 3.42. The first-order chi connectivity index (χ1) is 9.06. The number of carbonyl (C=O) groups is 1. The molecule has 0 atom stereocenters. The Labute approximate surface area is 114 Å². The number of benzene rings is 1. The molecular weight excluding hydrogens is 238 g/mol. The van der Waals surface area contributed by atoms with E-state index in [4.69, 9.17) is 5.11 Å². The highest BCUT2D eigenvalue weighted by Gasteiger charge is 2.15. The number of nitrogens with zero attached hydrogens (tertiary/aromatic N) is 1. The smallest absolute Gasteiger partial charge is 0.328 e. The van der Waals surface area contributed by atoms with E-state index in [2.05, 4.69) is 43.0 Å². The lowest BCUT2D eigenvalue weighted by atomic mass is 10.0. The van der Waals surface area contributed by atoms with Crippen LogP contribution >= 0.6 is 0 Å². The minimum atomic E-state index is -0.829. The van der Waals surface area contributed by atoms with Crippen molar-refractivity contribution in [1.29, 1.82) is 0 Å². The van der Waals surface area contributed by atoms with Crippen molar-refractivity contribution in [3.05, 3.63) is 41.5 Å². The summed E-state index contributed by atoms with van der Waals surface area (Å²) in [7, 11) is 0. The Hall–Kier alpha value is -1.77. The van der Waals surface area contributed by atoms with Crippen molar-refractivity contribution in [2.24, 2.45) is 0 Å². The molecule has 0 aromatic heterocycles. The average Bonchev–Trinajstić information content (AvgIpc) is 2.39. The number of carboxylic acid groups (broad SMARTS) is 1. The molecule has 0 aliphatic carbocycles. The van der Waals surface area contributed by atoms with Gasteiger partial charge in [-0.1, -0.05) is 31.6 Å². The third-order valence-electron chi connectivity index (χ3n) is 3.66. The number of hydrogen-bond acceptors (Lipinski definition) is 2. The second-order valence-corrected chi connectivity index (χ2v) is 5.37. The SMILES string of the molecule is CC(C)c1ccc(N2CCC(=CC(=O)O)CC2)cc1. The number of rotatable bonds is 3. The molecule has 0 radical (unpaired) electrons. The summed E-state index contributed by atoms with van der Waals surface area (Å²) in [4.78, 5) is 13.0. The molecule has 1 aromatic carbocycles. The van der Waals surface area contributed by atoms with Crippen LogP contribution in [0.2, 0.25) is 0 Å². The molecule has 1 aliphatic rings. The maximum Gasteiger partial charge on any atom is 0.328 e. The zero-order valence-electron chi connectivity index (χ0n) is 11.6. The molecule has 3 nitrogen and oxygen atoms in total. The van der Waals surface area contributed by atoms with E-state index in [1.54, 1.807) is 0 Å². The van der Waals surface area contributed by atoms with Crippen molar-refractivity contribution in [2.75, 3.05) is 18.0 Å². The van der Waals surface area contributed by atoms with Crippen LogP contribution in [0.15, 0.2) is 35.9 Å². The van der Waals surface area contributed by atoms with E-state index in [1.165, 1.54) is 17.3 Å². The van der Waals surface area contributed by atoms with Crippen molar-refractivity contribution in [3.63, 3.8) is 0 Å². The summed E-state index contributed by atoms with van der Waals surface area (Å²) in [6.07, 6.45) is 3.05. The van der Waals surface area contributed by atoms with Crippen molar-refractivity contribution in [3.8, 4) is 0 Å². The normalized spacial score (nSPS) is 15.7. The highest BCUT2D eigenvalue weighted by molar-refractivity contribution is 5.80. The van der Waals surface area contributed by atoms with E-state index in [1.807, 2.05) is 0 Å². The number of hydrogen-bond donors (Lipinski definition) is 1. The van der Waals surface area contributed by atoms with Crippen LogP contribution in [0, 0.1) is 0 Å². The first kappa shape index (κ1) is 13.7. The predicted molar refractivity (Wildman–Crippen MR) is 77.7 cm³/mol. The number of piperidine rings is 1. The van der Waals surface area contributed by atoms with Gasteiger partial charge in [-0.05, 0) is 36.5 Å². The van der Waals surface area contributed by atoms with E-state index in [0.717, 1.165) is 31.5 Å². The number of carboxylic acids is 1. The lowest BCUT2D eigenvalue weighted by molar-refractivity contribution is -0.131. The molecule has 1 heterocycles. The Morgan fingerprint density at radius 3 is 2.26 bits per heavy atom. The van der Waals surface area contributed by atoms with Gasteiger partial charge in [0.25, 0.3) is 0 Å². The molecule has 0 unspecified atom stereocenters. The fraction of sp³-hybridized carbons (Fsp3) is 0.438. The van der Waals surface area contributed by atoms with Crippen LogP contribution in [-0.2, 0) is 4.79 Å². The van der Waals surface area contributed by atoms with Gasteiger partial charge in [-0.25, -0.2) is 4.79 Å². The quantitative estimate of drug-likeness (QED) is 0.845. The summed E-state index contributed by atoms with van der Waals surface area (Å²) in [5, 5.41) is 8.74. The van der Waals surface area contributed by atoms with Crippen LogP contribution in [0.3, 0.4) is 0 Å². The summed E-state index contributed by atoms with van der Waals surface area (Å²) < 4.78 is 0. The second-order valence-electron chi connectivity index (χ2n) is 5.37. The monoisotopic (exact) mass is 259 g/mol. The fourth-order valence-corrected chi connectivity index (χ4v) is 2.44. The molecular formula is C16H21NO2. The number of anilines is 1. The number of aliphatic carboxylic acids is 1. The molecule has 102 valence electrons. The first-order valence-corrected chi connectivity index (χ1v) is 6.83. The summed E-state index contributed by atoms with van der Waals surface area (Å²) in [6.45, 7) is 6.19. The summed E-state index contributed by atoms with van der Waals surface area (Å²) in [5.74, 6) is -0.273. The molecule has 3 heteroatoms. The van der Waals surface area contributed by atoms with Crippen LogP contribution in [-0.4, -0.2) is 24.2 Å². The molecule has 19 heavy (non-hydrogen) atoms. The Kier molecular flexibility index (Phi) is 4.25. The summed E-state index contributed by atoms with van der Waals surface area (Å²) in [6, 6.07) is 8.70. The Morgan fingerprint density at radius 2 is 1.79 bits per heavy atom. The highest BCUT2D eigenvalue weighted by atomic mass is 16.4. The Morgan fingerprint density at radius 1 is 1.21 bits per heavy atom. The topological polar surface area (TPSA) is 40.5 Å². The fourth-order valence-electron chi connectivity index (χ4n) is 2.44. The zero-order valence-corrected chi connectivity index (χ0v) is 11.6. The van der Waals surface area contributed by atoms with Crippen LogP contribution in [0.5, 0.6) is 0 Å².